The van der Waals surface area contributed by atoms with Crippen molar-refractivity contribution in [2.75, 3.05) is 13.2 Å². The maximum atomic E-state index is 11.8. The summed E-state index contributed by atoms with van der Waals surface area (Å²) in [5.74, 6) is -0.303. The molecule has 0 N–H and O–H groups in total. The molecule has 0 bridgehead atoms. The van der Waals surface area contributed by atoms with Crippen molar-refractivity contribution in [3.05, 3.63) is 12.2 Å². The van der Waals surface area contributed by atoms with E-state index in [1.54, 1.807) is 0 Å². The van der Waals surface area contributed by atoms with Gasteiger partial charge in [-0.05, 0) is 64.2 Å². The molecule has 2 aliphatic carbocycles. The first-order valence-corrected chi connectivity index (χ1v) is 9.73. The van der Waals surface area contributed by atoms with Gasteiger partial charge in [0.05, 0.1) is 36.6 Å². The van der Waals surface area contributed by atoms with E-state index in [0.29, 0.717) is 37.3 Å². The Morgan fingerprint density at radius 2 is 1.58 bits per heavy atom. The van der Waals surface area contributed by atoms with Crippen molar-refractivity contribution >= 4 is 11.9 Å². The monoisotopic (exact) mass is 364 g/mol. The van der Waals surface area contributed by atoms with Crippen LogP contribution in [0.5, 0.6) is 0 Å². The molecule has 2 saturated heterocycles. The van der Waals surface area contributed by atoms with Crippen LogP contribution >= 0.6 is 0 Å². The van der Waals surface area contributed by atoms with Gasteiger partial charge in [-0.25, -0.2) is 9.59 Å². The second-order valence-corrected chi connectivity index (χ2v) is 8.72. The molecule has 4 aliphatic rings. The van der Waals surface area contributed by atoms with Crippen LogP contribution in [-0.2, 0) is 28.5 Å². The number of hydrogen-bond acceptors (Lipinski definition) is 6. The van der Waals surface area contributed by atoms with Crippen molar-refractivity contribution in [3.63, 3.8) is 0 Å². The number of esters is 2. The number of hydrogen-bond donors (Lipinski definition) is 0. The molecule has 0 radical (unpaired) electrons. The van der Waals surface area contributed by atoms with E-state index in [1.807, 2.05) is 0 Å². The average molecular weight is 364 g/mol. The molecule has 6 nitrogen and oxygen atoms in total. The van der Waals surface area contributed by atoms with E-state index < -0.39 is 11.9 Å². The van der Waals surface area contributed by atoms with E-state index in [0.717, 1.165) is 50.7 Å². The van der Waals surface area contributed by atoms with Crippen LogP contribution in [0.15, 0.2) is 12.2 Å². The smallest absolute Gasteiger partial charge is 0.331 e. The third kappa shape index (κ3) is 3.96. The lowest BCUT2D eigenvalue weighted by Crippen LogP contribution is -2.26. The van der Waals surface area contributed by atoms with Gasteiger partial charge in [-0.1, -0.05) is 0 Å². The molecule has 6 unspecified atom stereocenters. The highest BCUT2D eigenvalue weighted by Crippen LogP contribution is 2.50. The Hall–Kier alpha value is -1.40. The first kappa shape index (κ1) is 18.0. The van der Waals surface area contributed by atoms with E-state index >= 15 is 0 Å². The molecular formula is C20H28O6. The minimum Gasteiger partial charge on any atom is -0.462 e. The molecule has 4 rings (SSSR count). The zero-order valence-corrected chi connectivity index (χ0v) is 15.6. The van der Waals surface area contributed by atoms with Gasteiger partial charge in [0.2, 0.25) is 0 Å². The lowest BCUT2D eigenvalue weighted by Gasteiger charge is -2.22. The second kappa shape index (κ2) is 6.64. The van der Waals surface area contributed by atoms with Crippen molar-refractivity contribution in [1.82, 2.24) is 0 Å². The largest absolute Gasteiger partial charge is 0.462 e. The first-order chi connectivity index (χ1) is 12.4. The Morgan fingerprint density at radius 3 is 2.23 bits per heavy atom. The van der Waals surface area contributed by atoms with Crippen molar-refractivity contribution in [2.45, 2.75) is 75.8 Å². The Bertz CT molecular complexity index is 615. The van der Waals surface area contributed by atoms with E-state index in [2.05, 4.69) is 13.8 Å². The molecule has 6 atom stereocenters. The molecule has 0 aromatic heterocycles. The summed E-state index contributed by atoms with van der Waals surface area (Å²) in [6, 6.07) is 0. The predicted molar refractivity (Wildman–Crippen MR) is 92.3 cm³/mol. The highest BCUT2D eigenvalue weighted by atomic mass is 16.6. The molecule has 2 saturated carbocycles. The third-order valence-electron chi connectivity index (χ3n) is 6.48. The zero-order valence-electron chi connectivity index (χ0n) is 15.6. The quantitative estimate of drug-likeness (QED) is 0.409. The van der Waals surface area contributed by atoms with Crippen LogP contribution in [0.1, 0.15) is 52.4 Å². The Kier molecular flexibility index (Phi) is 4.59. The van der Waals surface area contributed by atoms with Crippen molar-refractivity contribution in [2.24, 2.45) is 11.8 Å². The molecule has 6 heteroatoms. The van der Waals surface area contributed by atoms with Gasteiger partial charge in [0.15, 0.2) is 0 Å². The molecule has 0 aromatic rings. The lowest BCUT2D eigenvalue weighted by molar-refractivity contribution is -0.142. The van der Waals surface area contributed by atoms with Crippen LogP contribution in [0, 0.1) is 11.8 Å². The number of epoxide rings is 2. The Morgan fingerprint density at radius 1 is 0.923 bits per heavy atom. The fraction of sp³-hybridized carbons (Fsp3) is 0.800. The second-order valence-electron chi connectivity index (χ2n) is 8.72. The van der Waals surface area contributed by atoms with Crippen LogP contribution in [0.3, 0.4) is 0 Å². The molecule has 144 valence electrons. The van der Waals surface area contributed by atoms with Crippen LogP contribution in [0.2, 0.25) is 0 Å². The van der Waals surface area contributed by atoms with Gasteiger partial charge >= 0.3 is 11.9 Å². The minimum atomic E-state index is -0.495. The maximum Gasteiger partial charge on any atom is 0.331 e. The highest BCUT2D eigenvalue weighted by molar-refractivity contribution is 5.91. The summed E-state index contributed by atoms with van der Waals surface area (Å²) in [5.41, 5.74) is 0.0729. The average Bonchev–Trinajstić information content (AvgIpc) is 3.48. The predicted octanol–water partition coefficient (Wildman–Crippen LogP) is 2.54. The van der Waals surface area contributed by atoms with Gasteiger partial charge in [0.25, 0.3) is 0 Å². The zero-order chi connectivity index (χ0) is 18.4. The van der Waals surface area contributed by atoms with Crippen LogP contribution in [0.25, 0.3) is 0 Å². The van der Waals surface area contributed by atoms with E-state index in [-0.39, 0.29) is 11.2 Å². The summed E-state index contributed by atoms with van der Waals surface area (Å²) >= 11 is 0. The molecule has 0 amide bonds. The summed E-state index contributed by atoms with van der Waals surface area (Å²) in [4.78, 5) is 23.6. The van der Waals surface area contributed by atoms with Gasteiger partial charge in [0.1, 0.15) is 0 Å². The Balaban J connectivity index is 1.11. The standard InChI is InChI=1S/C20H28O6/c1-19-8-7-13(9-16(19)26-19)11-23-17(21)5-6-18(22)24-12-14-3-4-15-20(2,10-14)25-15/h5-6,13-16H,3-4,7-12H2,1-2H3. The summed E-state index contributed by atoms with van der Waals surface area (Å²) in [7, 11) is 0. The third-order valence-corrected chi connectivity index (χ3v) is 6.48. The molecule has 2 heterocycles. The SMILES string of the molecule is CC12CCC(COC(=O)C=CC(=O)OCC3CCC4OC4(C)C3)CC1O2. The highest BCUT2D eigenvalue weighted by Gasteiger charge is 2.56. The summed E-state index contributed by atoms with van der Waals surface area (Å²) in [6.07, 6.45) is 9.00. The molecule has 26 heavy (non-hydrogen) atoms. The van der Waals surface area contributed by atoms with Crippen molar-refractivity contribution in [1.29, 1.82) is 0 Å². The summed E-state index contributed by atoms with van der Waals surface area (Å²) in [6.45, 7) is 5.02. The molecule has 0 spiro atoms. The van der Waals surface area contributed by atoms with Gasteiger partial charge in [-0.3, -0.25) is 0 Å². The van der Waals surface area contributed by atoms with Gasteiger partial charge in [0, 0.05) is 12.2 Å². The fourth-order valence-corrected chi connectivity index (χ4v) is 4.54. The first-order valence-electron chi connectivity index (χ1n) is 9.73. The van der Waals surface area contributed by atoms with Crippen LogP contribution in [-0.4, -0.2) is 48.6 Å². The van der Waals surface area contributed by atoms with Crippen molar-refractivity contribution in [3.8, 4) is 0 Å². The van der Waals surface area contributed by atoms with Gasteiger partial charge in [-0.2, -0.15) is 0 Å². The van der Waals surface area contributed by atoms with Gasteiger partial charge < -0.3 is 18.9 Å². The number of carbonyl (C=O) groups is 2. The molecule has 2 aliphatic heterocycles. The summed E-state index contributed by atoms with van der Waals surface area (Å²) < 4.78 is 21.8. The molecule has 4 fully saturated rings. The van der Waals surface area contributed by atoms with Crippen molar-refractivity contribution < 1.29 is 28.5 Å². The molecule has 0 aromatic carbocycles. The van der Waals surface area contributed by atoms with Crippen LogP contribution in [0.4, 0.5) is 0 Å². The van der Waals surface area contributed by atoms with Gasteiger partial charge in [-0.15, -0.1) is 0 Å². The van der Waals surface area contributed by atoms with E-state index in [9.17, 15) is 9.59 Å². The van der Waals surface area contributed by atoms with Crippen LogP contribution < -0.4 is 0 Å². The maximum absolute atomic E-state index is 11.8. The van der Waals surface area contributed by atoms with E-state index in [4.69, 9.17) is 18.9 Å². The number of fused-ring (bicyclic) bond motifs is 2. The van der Waals surface area contributed by atoms with E-state index in [1.165, 1.54) is 0 Å². The number of carbonyl (C=O) groups excluding carboxylic acids is 2. The summed E-state index contributed by atoms with van der Waals surface area (Å²) in [5, 5.41) is 0. The number of ether oxygens (including phenoxy) is 4. The fourth-order valence-electron chi connectivity index (χ4n) is 4.54. The number of rotatable bonds is 6. The normalized spacial score (nSPS) is 43.3. The Labute approximate surface area is 154 Å². The lowest BCUT2D eigenvalue weighted by atomic mass is 9.83. The topological polar surface area (TPSA) is 77.7 Å². The minimum absolute atomic E-state index is 0.00294. The molecular weight excluding hydrogens is 336 g/mol.